The second-order valence-electron chi connectivity index (χ2n) is 4.82. The minimum Gasteiger partial charge on any atom is -0.495 e. The average Bonchev–Trinajstić information content (AvgIpc) is 2.94. The Morgan fingerprint density at radius 1 is 1.12 bits per heavy atom. The summed E-state index contributed by atoms with van der Waals surface area (Å²) in [5, 5.41) is 0. The highest BCUT2D eigenvalue weighted by Crippen LogP contribution is 2.31. The number of nitrogens with zero attached hydrogens (tertiary/aromatic N) is 1. The third-order valence-electron chi connectivity index (χ3n) is 2.99. The Bertz CT molecular complexity index is 952. The van der Waals surface area contributed by atoms with E-state index in [0.29, 0.717) is 4.34 Å². The third-order valence-corrected chi connectivity index (χ3v) is 7.93. The Labute approximate surface area is 149 Å². The zero-order valence-electron chi connectivity index (χ0n) is 13.0. The minimum absolute atomic E-state index is 0.0281. The first-order valence-corrected chi connectivity index (χ1v) is 10.6. The van der Waals surface area contributed by atoms with Gasteiger partial charge in [-0.1, -0.05) is 11.6 Å². The van der Waals surface area contributed by atoms with E-state index in [1.165, 1.54) is 51.5 Å². The molecule has 0 unspecified atom stereocenters. The van der Waals surface area contributed by atoms with Gasteiger partial charge in [-0.3, -0.25) is 4.72 Å². The van der Waals surface area contributed by atoms with Crippen molar-refractivity contribution in [2.75, 3.05) is 25.9 Å². The zero-order valence-corrected chi connectivity index (χ0v) is 16.2. The summed E-state index contributed by atoms with van der Waals surface area (Å²) in [6.45, 7) is 0. The molecule has 0 amide bonds. The van der Waals surface area contributed by atoms with Crippen molar-refractivity contribution in [2.45, 2.75) is 9.10 Å². The fraction of sp³-hybridized carbons (Fsp3) is 0.231. The molecule has 132 valence electrons. The molecule has 0 bridgehead atoms. The molecule has 1 aromatic carbocycles. The summed E-state index contributed by atoms with van der Waals surface area (Å²) in [5.41, 5.74) is 0.0979. The maximum atomic E-state index is 12.4. The number of hydrogen-bond acceptors (Lipinski definition) is 6. The van der Waals surface area contributed by atoms with Gasteiger partial charge in [0.1, 0.15) is 14.9 Å². The van der Waals surface area contributed by atoms with Crippen LogP contribution < -0.4 is 9.46 Å². The van der Waals surface area contributed by atoms with Gasteiger partial charge in [0, 0.05) is 14.1 Å². The number of methoxy groups -OCH3 is 1. The molecule has 0 radical (unpaired) electrons. The number of nitrogens with one attached hydrogen (secondary N) is 1. The van der Waals surface area contributed by atoms with E-state index in [1.807, 2.05) is 0 Å². The van der Waals surface area contributed by atoms with Crippen LogP contribution in [0, 0.1) is 0 Å². The predicted molar refractivity (Wildman–Crippen MR) is 94.0 cm³/mol. The van der Waals surface area contributed by atoms with Crippen LogP contribution in [0.25, 0.3) is 0 Å². The van der Waals surface area contributed by atoms with E-state index in [2.05, 4.69) is 4.72 Å². The monoisotopic (exact) mass is 410 g/mol. The van der Waals surface area contributed by atoms with Crippen LogP contribution in [0.1, 0.15) is 0 Å². The van der Waals surface area contributed by atoms with Gasteiger partial charge in [0.25, 0.3) is 10.0 Å². The molecule has 24 heavy (non-hydrogen) atoms. The first-order valence-electron chi connectivity index (χ1n) is 6.46. The standard InChI is InChI=1S/C13H15ClN2O5S3/c1-16(2)24(19,20)11-8-9(4-5-10(11)21-3)15-23(17,18)13-7-6-12(14)22-13/h4-8,15H,1-3H3. The van der Waals surface area contributed by atoms with Gasteiger partial charge < -0.3 is 4.74 Å². The first kappa shape index (κ1) is 19.0. The number of sulfonamides is 2. The normalized spacial score (nSPS) is 12.4. The van der Waals surface area contributed by atoms with Crippen molar-refractivity contribution in [2.24, 2.45) is 0 Å². The molecule has 0 saturated heterocycles. The molecule has 1 heterocycles. The van der Waals surface area contributed by atoms with E-state index >= 15 is 0 Å². The van der Waals surface area contributed by atoms with Gasteiger partial charge in [-0.05, 0) is 30.3 Å². The molecule has 0 saturated carbocycles. The second-order valence-corrected chi connectivity index (χ2v) is 10.6. The largest absolute Gasteiger partial charge is 0.495 e. The van der Waals surface area contributed by atoms with Crippen molar-refractivity contribution in [1.82, 2.24) is 4.31 Å². The molecule has 0 aliphatic carbocycles. The van der Waals surface area contributed by atoms with Crippen LogP contribution in [-0.4, -0.2) is 42.3 Å². The Balaban J connectivity index is 2.47. The van der Waals surface area contributed by atoms with Crippen LogP contribution in [0.3, 0.4) is 0 Å². The Morgan fingerprint density at radius 2 is 1.79 bits per heavy atom. The molecule has 7 nitrogen and oxygen atoms in total. The number of halogens is 1. The predicted octanol–water partition coefficient (Wildman–Crippen LogP) is 2.46. The fourth-order valence-corrected chi connectivity index (χ4v) is 5.39. The Morgan fingerprint density at radius 3 is 2.29 bits per heavy atom. The summed E-state index contributed by atoms with van der Waals surface area (Å²) in [7, 11) is -3.58. The molecule has 0 atom stereocenters. The molecular formula is C13H15ClN2O5S3. The molecule has 0 aliphatic heterocycles. The lowest BCUT2D eigenvalue weighted by Crippen LogP contribution is -2.23. The third kappa shape index (κ3) is 3.83. The topological polar surface area (TPSA) is 92.8 Å². The Kier molecular flexibility index (Phi) is 5.45. The van der Waals surface area contributed by atoms with Gasteiger partial charge in [-0.15, -0.1) is 11.3 Å². The van der Waals surface area contributed by atoms with Crippen LogP contribution in [-0.2, 0) is 20.0 Å². The van der Waals surface area contributed by atoms with Gasteiger partial charge in [0.05, 0.1) is 17.1 Å². The van der Waals surface area contributed by atoms with E-state index in [0.717, 1.165) is 15.6 Å². The highest BCUT2D eigenvalue weighted by molar-refractivity contribution is 7.94. The van der Waals surface area contributed by atoms with E-state index < -0.39 is 20.0 Å². The SMILES string of the molecule is COc1ccc(NS(=O)(=O)c2ccc(Cl)s2)cc1S(=O)(=O)N(C)C. The molecule has 0 spiro atoms. The minimum atomic E-state index is -3.86. The quantitative estimate of drug-likeness (QED) is 0.789. The highest BCUT2D eigenvalue weighted by Gasteiger charge is 2.24. The number of thiophene rings is 1. The number of hydrogen-bond donors (Lipinski definition) is 1. The van der Waals surface area contributed by atoms with Gasteiger partial charge in [0.2, 0.25) is 10.0 Å². The van der Waals surface area contributed by atoms with Gasteiger partial charge >= 0.3 is 0 Å². The highest BCUT2D eigenvalue weighted by atomic mass is 35.5. The van der Waals surface area contributed by atoms with Crippen molar-refractivity contribution in [3.8, 4) is 5.75 Å². The Hall–Kier alpha value is -1.33. The summed E-state index contributed by atoms with van der Waals surface area (Å²) in [5.74, 6) is 0.116. The van der Waals surface area contributed by atoms with Crippen molar-refractivity contribution in [1.29, 1.82) is 0 Å². The van der Waals surface area contributed by atoms with Gasteiger partial charge in [-0.25, -0.2) is 21.1 Å². The van der Waals surface area contributed by atoms with Crippen molar-refractivity contribution < 1.29 is 21.6 Å². The first-order chi connectivity index (χ1) is 11.1. The molecule has 2 rings (SSSR count). The van der Waals surface area contributed by atoms with Crippen LogP contribution in [0.15, 0.2) is 39.4 Å². The zero-order chi connectivity index (χ0) is 18.1. The summed E-state index contributed by atoms with van der Waals surface area (Å²) >= 11 is 6.65. The van der Waals surface area contributed by atoms with Gasteiger partial charge in [0.15, 0.2) is 0 Å². The number of benzene rings is 1. The number of ether oxygens (including phenoxy) is 1. The van der Waals surface area contributed by atoms with Crippen LogP contribution in [0.4, 0.5) is 5.69 Å². The number of rotatable bonds is 6. The maximum absolute atomic E-state index is 12.4. The van der Waals surface area contributed by atoms with E-state index in [9.17, 15) is 16.8 Å². The lowest BCUT2D eigenvalue weighted by atomic mass is 10.3. The van der Waals surface area contributed by atoms with Crippen molar-refractivity contribution in [3.63, 3.8) is 0 Å². The molecule has 11 heteroatoms. The summed E-state index contributed by atoms with van der Waals surface area (Å²) in [6, 6.07) is 6.85. The lowest BCUT2D eigenvalue weighted by molar-refractivity contribution is 0.400. The van der Waals surface area contributed by atoms with Crippen molar-refractivity contribution >= 4 is 48.7 Å². The summed E-state index contributed by atoms with van der Waals surface area (Å²) in [4.78, 5) is -0.139. The molecular weight excluding hydrogens is 396 g/mol. The van der Waals surface area contributed by atoms with Crippen LogP contribution in [0.2, 0.25) is 4.34 Å². The van der Waals surface area contributed by atoms with E-state index in [-0.39, 0.29) is 20.5 Å². The molecule has 0 aliphatic rings. The fourth-order valence-electron chi connectivity index (χ4n) is 1.79. The smallest absolute Gasteiger partial charge is 0.271 e. The molecule has 1 N–H and O–H groups in total. The molecule has 0 fully saturated rings. The maximum Gasteiger partial charge on any atom is 0.271 e. The van der Waals surface area contributed by atoms with Crippen LogP contribution >= 0.6 is 22.9 Å². The summed E-state index contributed by atoms with van der Waals surface area (Å²) in [6.07, 6.45) is 0. The average molecular weight is 411 g/mol. The lowest BCUT2D eigenvalue weighted by Gasteiger charge is -2.16. The van der Waals surface area contributed by atoms with E-state index in [1.54, 1.807) is 0 Å². The molecule has 1 aromatic heterocycles. The molecule has 2 aromatic rings. The van der Waals surface area contributed by atoms with Gasteiger partial charge in [-0.2, -0.15) is 0 Å². The van der Waals surface area contributed by atoms with Crippen LogP contribution in [0.5, 0.6) is 5.75 Å². The summed E-state index contributed by atoms with van der Waals surface area (Å²) < 4.78 is 58.1. The second kappa shape index (κ2) is 6.89. The van der Waals surface area contributed by atoms with E-state index in [4.69, 9.17) is 16.3 Å². The number of anilines is 1. The van der Waals surface area contributed by atoms with Crippen molar-refractivity contribution in [3.05, 3.63) is 34.7 Å².